The van der Waals surface area contributed by atoms with Crippen LogP contribution in [0.2, 0.25) is 0 Å². The molecule has 5 rings (SSSR count). The van der Waals surface area contributed by atoms with Crippen LogP contribution in [0.25, 0.3) is 10.4 Å². The topological polar surface area (TPSA) is 99.1 Å². The maximum absolute atomic E-state index is 13.0. The Morgan fingerprint density at radius 3 is 2.23 bits per heavy atom. The fourth-order valence-corrected chi connectivity index (χ4v) is 7.66. The molecule has 1 saturated heterocycles. The van der Waals surface area contributed by atoms with Crippen molar-refractivity contribution >= 4 is 45.9 Å². The molecule has 1 aliphatic rings. The van der Waals surface area contributed by atoms with E-state index in [2.05, 4.69) is 48.1 Å². The molecular weight excluding hydrogens is 639 g/mol. The summed E-state index contributed by atoms with van der Waals surface area (Å²) < 4.78 is 0. The number of aliphatic imine (C=N–C) groups is 1. The van der Waals surface area contributed by atoms with Crippen LogP contribution in [-0.4, -0.2) is 65.9 Å². The van der Waals surface area contributed by atoms with Crippen LogP contribution in [0.1, 0.15) is 99.8 Å². The van der Waals surface area contributed by atoms with Gasteiger partial charge in [0.1, 0.15) is 12.3 Å². The number of carbonyl (C=O) groups is 3. The van der Waals surface area contributed by atoms with Crippen molar-refractivity contribution in [2.45, 2.75) is 65.2 Å². The average molecular weight is 684 g/mol. The van der Waals surface area contributed by atoms with Gasteiger partial charge in [0.05, 0.1) is 14.6 Å². The van der Waals surface area contributed by atoms with E-state index in [1.54, 1.807) is 31.2 Å². The number of Topliss-reactive ketones (excluding diaryl/α,β-unsaturated/α-hetero) is 2. The number of nitrogens with one attached hydrogen (secondary N) is 1. The Balaban J connectivity index is 1.09. The number of carbonyl (C=O) groups excluding carboxylic acids is 3. The first-order chi connectivity index (χ1) is 23.0. The van der Waals surface area contributed by atoms with Crippen molar-refractivity contribution in [2.75, 3.05) is 32.7 Å². The average Bonchev–Trinajstić information content (AvgIpc) is 3.74. The second-order valence-electron chi connectivity index (χ2n) is 13.4. The maximum Gasteiger partial charge on any atom is 0.251 e. The second kappa shape index (κ2) is 16.0. The minimum Gasteiger partial charge on any atom is -0.506 e. The molecule has 0 saturated carbocycles. The highest BCUT2D eigenvalue weighted by molar-refractivity contribution is 7.16. The number of aryl methyl sites for hydroxylation is 1. The van der Waals surface area contributed by atoms with E-state index in [1.807, 2.05) is 29.6 Å². The van der Waals surface area contributed by atoms with E-state index in [0.29, 0.717) is 46.0 Å². The maximum atomic E-state index is 13.0. The van der Waals surface area contributed by atoms with E-state index in [-0.39, 0.29) is 35.2 Å². The predicted molar refractivity (Wildman–Crippen MR) is 198 cm³/mol. The van der Waals surface area contributed by atoms with Crippen LogP contribution < -0.4 is 5.32 Å². The Morgan fingerprint density at radius 1 is 0.896 bits per heavy atom. The lowest BCUT2D eigenvalue weighted by Gasteiger charge is -2.26. The minimum absolute atomic E-state index is 0.0236. The van der Waals surface area contributed by atoms with Crippen molar-refractivity contribution in [3.63, 3.8) is 0 Å². The Morgan fingerprint density at radius 2 is 1.56 bits per heavy atom. The molecule has 0 spiro atoms. The van der Waals surface area contributed by atoms with Gasteiger partial charge < -0.3 is 15.3 Å². The summed E-state index contributed by atoms with van der Waals surface area (Å²) in [6.45, 7) is 12.0. The molecule has 1 fully saturated rings. The summed E-state index contributed by atoms with van der Waals surface area (Å²) >= 11 is 2.64. The Bertz CT molecular complexity index is 1760. The van der Waals surface area contributed by atoms with Gasteiger partial charge in [-0.15, -0.1) is 22.7 Å². The van der Waals surface area contributed by atoms with Crippen molar-refractivity contribution in [3.05, 3.63) is 98.1 Å². The van der Waals surface area contributed by atoms with Gasteiger partial charge in [-0.3, -0.25) is 19.4 Å². The molecule has 2 aromatic carbocycles. The Labute approximate surface area is 291 Å². The monoisotopic (exact) mass is 683 g/mol. The molecule has 7 nitrogen and oxygen atoms in total. The number of thiophene rings is 2. The number of likely N-dealkylation sites (tertiary alicyclic amines) is 1. The highest BCUT2D eigenvalue weighted by Gasteiger charge is 2.19. The van der Waals surface area contributed by atoms with Crippen molar-refractivity contribution in [1.82, 2.24) is 10.2 Å². The largest absolute Gasteiger partial charge is 0.506 e. The Hall–Kier alpha value is -3.92. The fraction of sp³-hybridized carbons (Fsp3) is 0.385. The third-order valence-electron chi connectivity index (χ3n) is 8.80. The van der Waals surface area contributed by atoms with E-state index >= 15 is 0 Å². The molecule has 9 heteroatoms. The molecule has 2 N–H and O–H groups in total. The number of rotatable bonds is 13. The van der Waals surface area contributed by atoms with Crippen molar-refractivity contribution in [3.8, 4) is 16.2 Å². The van der Waals surface area contributed by atoms with Gasteiger partial charge in [0.15, 0.2) is 11.6 Å². The normalized spacial score (nSPS) is 14.2. The van der Waals surface area contributed by atoms with E-state index in [1.165, 1.54) is 47.5 Å². The smallest absolute Gasteiger partial charge is 0.251 e. The number of amides is 1. The summed E-state index contributed by atoms with van der Waals surface area (Å²) in [5.41, 5.74) is 5.01. The van der Waals surface area contributed by atoms with Gasteiger partial charge in [-0.05, 0) is 85.6 Å². The molecular formula is C39H45N3O4S2. The van der Waals surface area contributed by atoms with Gasteiger partial charge in [-0.1, -0.05) is 63.6 Å². The number of nitrogens with zero attached hydrogens (tertiary/aromatic N) is 2. The number of benzene rings is 2. The van der Waals surface area contributed by atoms with Crippen LogP contribution in [0.3, 0.4) is 0 Å². The standard InChI is InChI=1S/C39H45N3O4S2/c1-26(31-25-47-37(36(31)45)28-13-15-30(16-14-28)39(2,3)4)41-24-33(44)35-19-18-34(48-35)32(43)17-10-27-8-11-29(12-9-27)38(46)40-20-23-42-21-6-5-7-22-42/h8-9,11-16,18-19,25,45H,5-7,10,17,20-24H2,1-4H3,(H,40,46). The summed E-state index contributed by atoms with van der Waals surface area (Å²) in [7, 11) is 0. The lowest BCUT2D eigenvalue weighted by atomic mass is 9.86. The zero-order valence-electron chi connectivity index (χ0n) is 28.3. The molecule has 3 heterocycles. The van der Waals surface area contributed by atoms with Crippen LogP contribution in [0.5, 0.6) is 5.75 Å². The van der Waals surface area contributed by atoms with E-state index in [0.717, 1.165) is 35.6 Å². The molecule has 1 amide bonds. The quantitative estimate of drug-likeness (QED) is 0.109. The van der Waals surface area contributed by atoms with Gasteiger partial charge in [0, 0.05) is 41.7 Å². The van der Waals surface area contributed by atoms with Gasteiger partial charge in [-0.25, -0.2) is 0 Å². The third kappa shape index (κ3) is 9.15. The molecule has 4 aromatic rings. The lowest BCUT2D eigenvalue weighted by molar-refractivity contribution is 0.0944. The predicted octanol–water partition coefficient (Wildman–Crippen LogP) is 8.20. The third-order valence-corrected chi connectivity index (χ3v) is 11.0. The summed E-state index contributed by atoms with van der Waals surface area (Å²) in [6.07, 6.45) is 4.62. The van der Waals surface area contributed by atoms with Gasteiger partial charge >= 0.3 is 0 Å². The first-order valence-electron chi connectivity index (χ1n) is 16.7. The van der Waals surface area contributed by atoms with E-state index in [9.17, 15) is 19.5 Å². The molecule has 48 heavy (non-hydrogen) atoms. The molecule has 252 valence electrons. The number of ketones is 2. The van der Waals surface area contributed by atoms with E-state index < -0.39 is 0 Å². The van der Waals surface area contributed by atoms with Crippen LogP contribution >= 0.6 is 22.7 Å². The highest BCUT2D eigenvalue weighted by Crippen LogP contribution is 2.39. The summed E-state index contributed by atoms with van der Waals surface area (Å²) in [5.74, 6) is -0.105. The van der Waals surface area contributed by atoms with Crippen LogP contribution in [0.15, 0.2) is 71.0 Å². The second-order valence-corrected chi connectivity index (χ2v) is 15.4. The summed E-state index contributed by atoms with van der Waals surface area (Å²) in [4.78, 5) is 47.1. The van der Waals surface area contributed by atoms with Crippen LogP contribution in [-0.2, 0) is 11.8 Å². The SMILES string of the molecule is CC(=NCC(=O)c1ccc(C(=O)CCc2ccc(C(=O)NCCN3CCCCC3)cc2)s1)c1csc(-c2ccc(C(C)(C)C)cc2)c1O. The number of hydrogen-bond donors (Lipinski definition) is 2. The number of hydrogen-bond acceptors (Lipinski definition) is 8. The Kier molecular flexibility index (Phi) is 11.8. The molecule has 0 bridgehead atoms. The van der Waals surface area contributed by atoms with Crippen LogP contribution in [0, 0.1) is 0 Å². The zero-order chi connectivity index (χ0) is 34.3. The molecule has 1 aliphatic heterocycles. The van der Waals surface area contributed by atoms with E-state index in [4.69, 9.17) is 0 Å². The van der Waals surface area contributed by atoms with Gasteiger partial charge in [0.2, 0.25) is 0 Å². The zero-order valence-corrected chi connectivity index (χ0v) is 29.9. The van der Waals surface area contributed by atoms with Gasteiger partial charge in [0.25, 0.3) is 5.91 Å². The van der Waals surface area contributed by atoms with Crippen LogP contribution in [0.4, 0.5) is 0 Å². The summed E-state index contributed by atoms with van der Waals surface area (Å²) in [5, 5.41) is 15.8. The highest BCUT2D eigenvalue weighted by atomic mass is 32.1. The molecule has 0 atom stereocenters. The molecule has 2 aromatic heterocycles. The fourth-order valence-electron chi connectivity index (χ4n) is 5.74. The first kappa shape index (κ1) is 35.4. The van der Waals surface area contributed by atoms with Crippen molar-refractivity contribution < 1.29 is 19.5 Å². The van der Waals surface area contributed by atoms with Crippen molar-refractivity contribution in [2.24, 2.45) is 4.99 Å². The number of piperidine rings is 1. The first-order valence-corrected chi connectivity index (χ1v) is 18.4. The minimum atomic E-state index is -0.170. The number of aromatic hydroxyl groups is 1. The summed E-state index contributed by atoms with van der Waals surface area (Å²) in [6, 6.07) is 19.0. The molecule has 0 unspecified atom stereocenters. The van der Waals surface area contributed by atoms with Crippen molar-refractivity contribution in [1.29, 1.82) is 0 Å². The van der Waals surface area contributed by atoms with Gasteiger partial charge in [-0.2, -0.15) is 0 Å². The lowest BCUT2D eigenvalue weighted by Crippen LogP contribution is -2.37. The molecule has 0 aliphatic carbocycles. The molecule has 0 radical (unpaired) electrons.